The SMILES string of the molecule is CCOc1ccccc1CCC(=O)N(C)C(C)c1ccccc1OC. The van der Waals surface area contributed by atoms with Crippen LogP contribution >= 0.6 is 0 Å². The lowest BCUT2D eigenvalue weighted by molar-refractivity contribution is -0.131. The van der Waals surface area contributed by atoms with E-state index in [4.69, 9.17) is 9.47 Å². The van der Waals surface area contributed by atoms with Gasteiger partial charge in [0.05, 0.1) is 19.8 Å². The van der Waals surface area contributed by atoms with E-state index in [1.165, 1.54) is 0 Å². The Morgan fingerprint density at radius 3 is 2.40 bits per heavy atom. The summed E-state index contributed by atoms with van der Waals surface area (Å²) in [5.41, 5.74) is 2.08. The molecular weight excluding hydrogens is 314 g/mol. The highest BCUT2D eigenvalue weighted by molar-refractivity contribution is 5.77. The van der Waals surface area contributed by atoms with Crippen LogP contribution in [0.2, 0.25) is 0 Å². The van der Waals surface area contributed by atoms with E-state index in [0.29, 0.717) is 19.4 Å². The van der Waals surface area contributed by atoms with Gasteiger partial charge in [-0.3, -0.25) is 4.79 Å². The highest BCUT2D eigenvalue weighted by Crippen LogP contribution is 2.28. The minimum Gasteiger partial charge on any atom is -0.496 e. The Morgan fingerprint density at radius 1 is 1.08 bits per heavy atom. The van der Waals surface area contributed by atoms with Crippen LogP contribution in [0, 0.1) is 0 Å². The monoisotopic (exact) mass is 341 g/mol. The highest BCUT2D eigenvalue weighted by atomic mass is 16.5. The number of ether oxygens (including phenoxy) is 2. The van der Waals surface area contributed by atoms with Crippen molar-refractivity contribution in [2.75, 3.05) is 20.8 Å². The summed E-state index contributed by atoms with van der Waals surface area (Å²) < 4.78 is 11.0. The molecule has 0 aliphatic heterocycles. The molecule has 0 spiro atoms. The third kappa shape index (κ3) is 4.75. The first-order valence-electron chi connectivity index (χ1n) is 8.67. The Hall–Kier alpha value is -2.49. The van der Waals surface area contributed by atoms with Crippen LogP contribution in [0.15, 0.2) is 48.5 Å². The molecule has 1 unspecified atom stereocenters. The van der Waals surface area contributed by atoms with Crippen molar-refractivity contribution in [3.05, 3.63) is 59.7 Å². The van der Waals surface area contributed by atoms with Crippen molar-refractivity contribution in [3.8, 4) is 11.5 Å². The van der Waals surface area contributed by atoms with Gasteiger partial charge in [0.25, 0.3) is 0 Å². The van der Waals surface area contributed by atoms with Crippen LogP contribution in [-0.4, -0.2) is 31.6 Å². The van der Waals surface area contributed by atoms with Crippen LogP contribution in [-0.2, 0) is 11.2 Å². The number of nitrogens with zero attached hydrogens (tertiary/aromatic N) is 1. The lowest BCUT2D eigenvalue weighted by Gasteiger charge is -2.26. The Labute approximate surface area is 150 Å². The van der Waals surface area contributed by atoms with E-state index in [1.54, 1.807) is 12.0 Å². The minimum absolute atomic E-state index is 0.0502. The Kier molecular flexibility index (Phi) is 6.87. The van der Waals surface area contributed by atoms with Crippen molar-refractivity contribution in [1.29, 1.82) is 0 Å². The Balaban J connectivity index is 2.03. The predicted octanol–water partition coefficient (Wildman–Crippen LogP) is 4.25. The third-order valence-electron chi connectivity index (χ3n) is 4.44. The topological polar surface area (TPSA) is 38.8 Å². The average Bonchev–Trinajstić information content (AvgIpc) is 2.66. The van der Waals surface area contributed by atoms with Crippen LogP contribution < -0.4 is 9.47 Å². The molecule has 4 heteroatoms. The highest BCUT2D eigenvalue weighted by Gasteiger charge is 2.20. The first-order chi connectivity index (χ1) is 12.1. The molecule has 25 heavy (non-hydrogen) atoms. The molecule has 0 aliphatic carbocycles. The molecule has 2 rings (SSSR count). The van der Waals surface area contributed by atoms with Gasteiger partial charge in [-0.2, -0.15) is 0 Å². The molecule has 2 aromatic rings. The fraction of sp³-hybridized carbons (Fsp3) is 0.381. The summed E-state index contributed by atoms with van der Waals surface area (Å²) in [5.74, 6) is 1.76. The normalized spacial score (nSPS) is 11.7. The van der Waals surface area contributed by atoms with Crippen LogP contribution in [0.3, 0.4) is 0 Å². The Morgan fingerprint density at radius 2 is 1.72 bits per heavy atom. The number of benzene rings is 2. The van der Waals surface area contributed by atoms with Crippen LogP contribution in [0.4, 0.5) is 0 Å². The van der Waals surface area contributed by atoms with Crippen LogP contribution in [0.25, 0.3) is 0 Å². The number of methoxy groups -OCH3 is 1. The molecule has 0 heterocycles. The predicted molar refractivity (Wildman–Crippen MR) is 100 cm³/mol. The maximum Gasteiger partial charge on any atom is 0.223 e. The zero-order valence-electron chi connectivity index (χ0n) is 15.5. The minimum atomic E-state index is -0.0502. The van der Waals surface area contributed by atoms with Crippen molar-refractivity contribution in [3.63, 3.8) is 0 Å². The molecule has 0 aliphatic rings. The molecule has 0 radical (unpaired) electrons. The molecule has 4 nitrogen and oxygen atoms in total. The van der Waals surface area contributed by atoms with Gasteiger partial charge in [0.2, 0.25) is 5.91 Å². The molecule has 0 bridgehead atoms. The van der Waals surface area contributed by atoms with E-state index in [9.17, 15) is 4.79 Å². The first kappa shape index (κ1) is 18.8. The van der Waals surface area contributed by atoms with Crippen LogP contribution in [0.1, 0.15) is 37.4 Å². The van der Waals surface area contributed by atoms with Gasteiger partial charge in [-0.15, -0.1) is 0 Å². The van der Waals surface area contributed by atoms with E-state index in [0.717, 1.165) is 22.6 Å². The van der Waals surface area contributed by atoms with Crippen molar-refractivity contribution in [2.45, 2.75) is 32.7 Å². The second kappa shape index (κ2) is 9.11. The van der Waals surface area contributed by atoms with Crippen molar-refractivity contribution in [1.82, 2.24) is 4.90 Å². The van der Waals surface area contributed by atoms with Gasteiger partial charge in [0, 0.05) is 19.0 Å². The molecular formula is C21H27NO3. The molecule has 0 saturated carbocycles. The average molecular weight is 341 g/mol. The summed E-state index contributed by atoms with van der Waals surface area (Å²) in [7, 11) is 3.49. The first-order valence-corrected chi connectivity index (χ1v) is 8.67. The number of carbonyl (C=O) groups excluding carboxylic acids is 1. The van der Waals surface area contributed by atoms with E-state index in [-0.39, 0.29) is 11.9 Å². The maximum atomic E-state index is 12.6. The van der Waals surface area contributed by atoms with E-state index in [1.807, 2.05) is 69.4 Å². The van der Waals surface area contributed by atoms with Gasteiger partial charge in [0.15, 0.2) is 0 Å². The third-order valence-corrected chi connectivity index (χ3v) is 4.44. The van der Waals surface area contributed by atoms with E-state index < -0.39 is 0 Å². The van der Waals surface area contributed by atoms with Gasteiger partial charge in [-0.25, -0.2) is 0 Å². The molecule has 2 aromatic carbocycles. The summed E-state index contributed by atoms with van der Waals surface area (Å²) in [6.45, 7) is 4.60. The largest absolute Gasteiger partial charge is 0.496 e. The summed E-state index contributed by atoms with van der Waals surface area (Å²) in [5, 5.41) is 0. The lowest BCUT2D eigenvalue weighted by Crippen LogP contribution is -2.30. The molecule has 0 aromatic heterocycles. The Bertz CT molecular complexity index is 699. The second-order valence-corrected chi connectivity index (χ2v) is 5.96. The zero-order valence-corrected chi connectivity index (χ0v) is 15.5. The van der Waals surface area contributed by atoms with Crippen LogP contribution in [0.5, 0.6) is 11.5 Å². The molecule has 1 amide bonds. The molecule has 1 atom stereocenters. The lowest BCUT2D eigenvalue weighted by atomic mass is 10.0. The van der Waals surface area contributed by atoms with E-state index in [2.05, 4.69) is 0 Å². The van der Waals surface area contributed by atoms with Gasteiger partial charge < -0.3 is 14.4 Å². The number of hydrogen-bond donors (Lipinski definition) is 0. The molecule has 0 saturated heterocycles. The second-order valence-electron chi connectivity index (χ2n) is 5.96. The van der Waals surface area contributed by atoms with Gasteiger partial charge in [-0.1, -0.05) is 36.4 Å². The molecule has 0 fully saturated rings. The van der Waals surface area contributed by atoms with Gasteiger partial charge >= 0.3 is 0 Å². The van der Waals surface area contributed by atoms with Gasteiger partial charge in [0.1, 0.15) is 11.5 Å². The molecule has 134 valence electrons. The number of para-hydroxylation sites is 2. The quantitative estimate of drug-likeness (QED) is 0.721. The maximum absolute atomic E-state index is 12.6. The number of aryl methyl sites for hydroxylation is 1. The van der Waals surface area contributed by atoms with E-state index >= 15 is 0 Å². The standard InChI is InChI=1S/C21H27NO3/c1-5-25-19-12-8-6-10-17(19)14-15-21(23)22(3)16(2)18-11-7-9-13-20(18)24-4/h6-13,16H,5,14-15H2,1-4H3. The van der Waals surface area contributed by atoms with Gasteiger partial charge in [-0.05, 0) is 38.0 Å². The molecule has 0 N–H and O–H groups in total. The number of rotatable bonds is 8. The summed E-state index contributed by atoms with van der Waals surface area (Å²) in [6, 6.07) is 15.7. The number of amides is 1. The van der Waals surface area contributed by atoms with Crippen molar-refractivity contribution >= 4 is 5.91 Å². The summed E-state index contributed by atoms with van der Waals surface area (Å²) in [6.07, 6.45) is 1.11. The summed E-state index contributed by atoms with van der Waals surface area (Å²) >= 11 is 0. The summed E-state index contributed by atoms with van der Waals surface area (Å²) in [4.78, 5) is 14.4. The fourth-order valence-electron chi connectivity index (χ4n) is 2.86. The smallest absolute Gasteiger partial charge is 0.223 e. The zero-order chi connectivity index (χ0) is 18.2. The van der Waals surface area contributed by atoms with Crippen molar-refractivity contribution in [2.24, 2.45) is 0 Å². The number of hydrogen-bond acceptors (Lipinski definition) is 3. The fourth-order valence-corrected chi connectivity index (χ4v) is 2.86. The number of carbonyl (C=O) groups is 1. The van der Waals surface area contributed by atoms with Crippen molar-refractivity contribution < 1.29 is 14.3 Å².